The van der Waals surface area contributed by atoms with Crippen LogP contribution in [0.4, 0.5) is 10.1 Å². The van der Waals surface area contributed by atoms with E-state index in [4.69, 9.17) is 5.73 Å². The summed E-state index contributed by atoms with van der Waals surface area (Å²) in [5.41, 5.74) is 5.49. The molecule has 0 aliphatic heterocycles. The second kappa shape index (κ2) is 5.11. The van der Waals surface area contributed by atoms with Crippen molar-refractivity contribution in [2.75, 3.05) is 19.3 Å². The first-order valence-electron chi connectivity index (χ1n) is 4.62. The number of rotatable bonds is 4. The van der Waals surface area contributed by atoms with Crippen LogP contribution in [-0.2, 0) is 14.8 Å². The van der Waals surface area contributed by atoms with Gasteiger partial charge in [0, 0.05) is 12.7 Å². The molecule has 4 N–H and O–H groups in total. The van der Waals surface area contributed by atoms with E-state index in [0.29, 0.717) is 0 Å². The van der Waals surface area contributed by atoms with Gasteiger partial charge in [-0.3, -0.25) is 4.79 Å². The molecule has 0 spiro atoms. The summed E-state index contributed by atoms with van der Waals surface area (Å²) in [4.78, 5) is 10.3. The zero-order valence-corrected chi connectivity index (χ0v) is 9.84. The highest BCUT2D eigenvalue weighted by Crippen LogP contribution is 2.17. The van der Waals surface area contributed by atoms with Crippen molar-refractivity contribution >= 4 is 21.6 Å². The first kappa shape index (κ1) is 13.4. The average Bonchev–Trinajstić information content (AvgIpc) is 2.29. The number of amides is 1. The summed E-state index contributed by atoms with van der Waals surface area (Å²) < 4.78 is 38.5. The van der Waals surface area contributed by atoms with Crippen molar-refractivity contribution in [2.45, 2.75) is 4.90 Å². The van der Waals surface area contributed by atoms with Gasteiger partial charge in [-0.2, -0.15) is 0 Å². The molecule has 0 radical (unpaired) electrons. The molecule has 0 bridgehead atoms. The molecular weight excluding hydrogens is 249 g/mol. The summed E-state index contributed by atoms with van der Waals surface area (Å²) in [6.45, 7) is -0.465. The van der Waals surface area contributed by atoms with Gasteiger partial charge in [-0.1, -0.05) is 0 Å². The Morgan fingerprint density at radius 3 is 2.71 bits per heavy atom. The number of carbonyl (C=O) groups excluding carboxylic acids is 1. The molecule has 0 unspecified atom stereocenters. The molecule has 17 heavy (non-hydrogen) atoms. The maximum absolute atomic E-state index is 13.3. The smallest absolute Gasteiger partial charge is 0.244 e. The molecule has 0 atom stereocenters. The van der Waals surface area contributed by atoms with Gasteiger partial charge in [-0.15, -0.1) is 0 Å². The maximum Gasteiger partial charge on any atom is 0.244 e. The predicted molar refractivity (Wildman–Crippen MR) is 60.1 cm³/mol. The Bertz CT molecular complexity index is 530. The highest BCUT2D eigenvalue weighted by atomic mass is 32.2. The molecule has 8 heteroatoms. The molecule has 0 aliphatic carbocycles. The number of hydrogen-bond donors (Lipinski definition) is 3. The van der Waals surface area contributed by atoms with E-state index >= 15 is 0 Å². The van der Waals surface area contributed by atoms with Gasteiger partial charge >= 0.3 is 0 Å². The van der Waals surface area contributed by atoms with Gasteiger partial charge in [0.05, 0.1) is 6.54 Å². The number of carbonyl (C=O) groups is 1. The van der Waals surface area contributed by atoms with Crippen LogP contribution >= 0.6 is 0 Å². The first-order chi connectivity index (χ1) is 7.86. The van der Waals surface area contributed by atoms with Crippen LogP contribution in [0.5, 0.6) is 0 Å². The highest BCUT2D eigenvalue weighted by Gasteiger charge is 2.19. The van der Waals surface area contributed by atoms with Crippen LogP contribution in [0.25, 0.3) is 0 Å². The van der Waals surface area contributed by atoms with Crippen molar-refractivity contribution < 1.29 is 17.6 Å². The van der Waals surface area contributed by atoms with Gasteiger partial charge in [0.25, 0.3) is 0 Å². The highest BCUT2D eigenvalue weighted by molar-refractivity contribution is 7.89. The summed E-state index contributed by atoms with van der Waals surface area (Å²) in [7, 11) is -2.73. The fourth-order valence-electron chi connectivity index (χ4n) is 1.05. The Kier molecular flexibility index (Phi) is 4.02. The number of likely N-dealkylation sites (N-methyl/N-ethyl adjacent to an activating group) is 1. The van der Waals surface area contributed by atoms with E-state index in [0.717, 1.165) is 12.1 Å². The third-order valence-electron chi connectivity index (χ3n) is 1.95. The Labute approximate surface area is 98.1 Å². The van der Waals surface area contributed by atoms with E-state index in [1.54, 1.807) is 0 Å². The van der Waals surface area contributed by atoms with Crippen LogP contribution in [0.2, 0.25) is 0 Å². The van der Waals surface area contributed by atoms with E-state index in [9.17, 15) is 17.6 Å². The summed E-state index contributed by atoms with van der Waals surface area (Å²) in [5, 5.41) is 2.23. The molecule has 0 fully saturated rings. The van der Waals surface area contributed by atoms with Gasteiger partial charge in [0.15, 0.2) is 0 Å². The van der Waals surface area contributed by atoms with Gasteiger partial charge < -0.3 is 11.1 Å². The van der Waals surface area contributed by atoms with Crippen LogP contribution in [0.3, 0.4) is 0 Å². The number of benzene rings is 1. The molecule has 1 amide bonds. The van der Waals surface area contributed by atoms with Crippen molar-refractivity contribution in [1.82, 2.24) is 10.0 Å². The third kappa shape index (κ3) is 3.40. The normalized spacial score (nSPS) is 11.2. The standard InChI is InChI=1S/C9H12FN3O3S/c1-12-9(14)5-13-17(15,16)8-4-6(11)2-3-7(8)10/h2-4,13H,5,11H2,1H3,(H,12,14). The average molecular weight is 261 g/mol. The van der Waals surface area contributed by atoms with E-state index < -0.39 is 33.2 Å². The van der Waals surface area contributed by atoms with Gasteiger partial charge in [0.2, 0.25) is 15.9 Å². The molecule has 1 rings (SSSR count). The van der Waals surface area contributed by atoms with Crippen molar-refractivity contribution in [1.29, 1.82) is 0 Å². The van der Waals surface area contributed by atoms with Gasteiger partial charge in [-0.05, 0) is 18.2 Å². The third-order valence-corrected chi connectivity index (χ3v) is 3.36. The Morgan fingerprint density at radius 1 is 1.47 bits per heavy atom. The topological polar surface area (TPSA) is 101 Å². The van der Waals surface area contributed by atoms with Crippen molar-refractivity contribution in [3.63, 3.8) is 0 Å². The number of nitrogens with one attached hydrogen (secondary N) is 2. The van der Waals surface area contributed by atoms with E-state index in [1.807, 2.05) is 4.72 Å². The molecule has 0 aliphatic rings. The van der Waals surface area contributed by atoms with Crippen LogP contribution < -0.4 is 15.8 Å². The van der Waals surface area contributed by atoms with E-state index in [-0.39, 0.29) is 5.69 Å². The largest absolute Gasteiger partial charge is 0.399 e. The molecule has 0 heterocycles. The second-order valence-corrected chi connectivity index (χ2v) is 4.92. The van der Waals surface area contributed by atoms with Gasteiger partial charge in [0.1, 0.15) is 10.7 Å². The molecular formula is C9H12FN3O3S. The quantitative estimate of drug-likeness (QED) is 0.632. The lowest BCUT2D eigenvalue weighted by molar-refractivity contribution is -0.119. The number of nitrogens with two attached hydrogens (primary N) is 1. The molecule has 0 aromatic heterocycles. The Morgan fingerprint density at radius 2 is 2.12 bits per heavy atom. The van der Waals surface area contributed by atoms with E-state index in [2.05, 4.69) is 5.32 Å². The molecule has 94 valence electrons. The summed E-state index contributed by atoms with van der Waals surface area (Å²) in [5.74, 6) is -1.46. The lowest BCUT2D eigenvalue weighted by atomic mass is 10.3. The van der Waals surface area contributed by atoms with Crippen LogP contribution in [0.1, 0.15) is 0 Å². The fraction of sp³-hybridized carbons (Fsp3) is 0.222. The number of halogens is 1. The lowest BCUT2D eigenvalue weighted by Gasteiger charge is -2.07. The Hall–Kier alpha value is -1.67. The lowest BCUT2D eigenvalue weighted by Crippen LogP contribution is -2.35. The molecule has 0 saturated heterocycles. The number of sulfonamides is 1. The fourth-order valence-corrected chi connectivity index (χ4v) is 2.15. The van der Waals surface area contributed by atoms with Crippen LogP contribution in [0, 0.1) is 5.82 Å². The minimum atomic E-state index is -4.08. The summed E-state index contributed by atoms with van der Waals surface area (Å²) >= 11 is 0. The molecule has 0 saturated carbocycles. The van der Waals surface area contributed by atoms with Crippen molar-refractivity contribution in [3.8, 4) is 0 Å². The van der Waals surface area contributed by atoms with Crippen molar-refractivity contribution in [3.05, 3.63) is 24.0 Å². The number of anilines is 1. The zero-order valence-electron chi connectivity index (χ0n) is 9.03. The monoisotopic (exact) mass is 261 g/mol. The molecule has 6 nitrogen and oxygen atoms in total. The predicted octanol–water partition coefficient (Wildman–Crippen LogP) is -0.568. The summed E-state index contributed by atoms with van der Waals surface area (Å²) in [6.07, 6.45) is 0. The Balaban J connectivity index is 2.97. The minimum Gasteiger partial charge on any atom is -0.399 e. The number of nitrogen functional groups attached to an aromatic ring is 1. The minimum absolute atomic E-state index is 0.117. The van der Waals surface area contributed by atoms with Gasteiger partial charge in [-0.25, -0.2) is 17.5 Å². The van der Waals surface area contributed by atoms with E-state index in [1.165, 1.54) is 13.1 Å². The van der Waals surface area contributed by atoms with Crippen molar-refractivity contribution in [2.24, 2.45) is 0 Å². The molecule has 1 aromatic carbocycles. The van der Waals surface area contributed by atoms with Crippen LogP contribution in [0.15, 0.2) is 23.1 Å². The van der Waals surface area contributed by atoms with Crippen LogP contribution in [-0.4, -0.2) is 27.9 Å². The maximum atomic E-state index is 13.3. The SMILES string of the molecule is CNC(=O)CNS(=O)(=O)c1cc(N)ccc1F. The second-order valence-electron chi connectivity index (χ2n) is 3.19. The summed E-state index contributed by atoms with van der Waals surface area (Å²) in [6, 6.07) is 3.18. The zero-order chi connectivity index (χ0) is 13.1. The molecule has 1 aromatic rings. The number of hydrogen-bond acceptors (Lipinski definition) is 4. The first-order valence-corrected chi connectivity index (χ1v) is 6.10.